The second-order valence-corrected chi connectivity index (χ2v) is 12.1. The van der Waals surface area contributed by atoms with Gasteiger partial charge in [-0.2, -0.15) is 0 Å². The lowest BCUT2D eigenvalue weighted by atomic mass is 9.94. The van der Waals surface area contributed by atoms with Crippen LogP contribution in [0.1, 0.15) is 40.1 Å². The number of fused-ring (bicyclic) bond motifs is 3. The molecule has 0 unspecified atom stereocenters. The van der Waals surface area contributed by atoms with Crippen molar-refractivity contribution in [3.63, 3.8) is 0 Å². The van der Waals surface area contributed by atoms with Crippen LogP contribution in [0.2, 0.25) is 19.6 Å². The maximum absolute atomic E-state index is 12.9. The zero-order chi connectivity index (χ0) is 17.7. The highest BCUT2D eigenvalue weighted by molar-refractivity contribution is 6.70. The number of Topliss-reactive ketones (excluding diaryl/α,β-unsaturated/α-hetero) is 1. The van der Waals surface area contributed by atoms with Crippen molar-refractivity contribution < 1.29 is 14.0 Å². The summed E-state index contributed by atoms with van der Waals surface area (Å²) < 4.78 is 6.05. The Labute approximate surface area is 143 Å². The molecular weight excluding hydrogens is 316 g/mol. The SMILES string of the molecule is CC(C)(O[Si](C)(C)C)C(=O)c1ccc2c(c1)C(=O)c1ccccc1-2. The van der Waals surface area contributed by atoms with Crippen LogP contribution in [0, 0.1) is 0 Å². The molecule has 0 fully saturated rings. The highest BCUT2D eigenvalue weighted by Crippen LogP contribution is 2.37. The van der Waals surface area contributed by atoms with Crippen LogP contribution in [0.3, 0.4) is 0 Å². The van der Waals surface area contributed by atoms with E-state index in [2.05, 4.69) is 19.6 Å². The van der Waals surface area contributed by atoms with Crippen molar-refractivity contribution in [3.05, 3.63) is 59.2 Å². The fourth-order valence-corrected chi connectivity index (χ4v) is 4.95. The van der Waals surface area contributed by atoms with Crippen molar-refractivity contribution in [1.82, 2.24) is 0 Å². The molecule has 0 bridgehead atoms. The van der Waals surface area contributed by atoms with Gasteiger partial charge in [0.1, 0.15) is 5.60 Å². The minimum atomic E-state index is -1.86. The van der Waals surface area contributed by atoms with Crippen LogP contribution in [0.4, 0.5) is 0 Å². The molecule has 3 nitrogen and oxygen atoms in total. The Hall–Kier alpha value is -2.04. The highest BCUT2D eigenvalue weighted by atomic mass is 28.4. The molecule has 124 valence electrons. The lowest BCUT2D eigenvalue weighted by Gasteiger charge is -2.31. The van der Waals surface area contributed by atoms with Crippen LogP contribution in [0.25, 0.3) is 11.1 Å². The Morgan fingerprint density at radius 2 is 1.50 bits per heavy atom. The summed E-state index contributed by atoms with van der Waals surface area (Å²) in [7, 11) is -1.86. The summed E-state index contributed by atoms with van der Waals surface area (Å²) in [6.45, 7) is 9.79. The predicted octanol–water partition coefficient (Wildman–Crippen LogP) is 4.71. The van der Waals surface area contributed by atoms with Gasteiger partial charge >= 0.3 is 0 Å². The van der Waals surface area contributed by atoms with E-state index in [1.54, 1.807) is 26.0 Å². The average molecular weight is 338 g/mol. The number of carbonyl (C=O) groups is 2. The molecule has 0 aliphatic heterocycles. The van der Waals surface area contributed by atoms with Gasteiger partial charge in [-0.05, 0) is 50.7 Å². The third kappa shape index (κ3) is 2.87. The van der Waals surface area contributed by atoms with E-state index in [4.69, 9.17) is 4.43 Å². The van der Waals surface area contributed by atoms with Crippen molar-refractivity contribution in [2.24, 2.45) is 0 Å². The summed E-state index contributed by atoms with van der Waals surface area (Å²) in [6.07, 6.45) is 0. The molecule has 2 aromatic rings. The summed E-state index contributed by atoms with van der Waals surface area (Å²) in [5.74, 6) is -0.101. The van der Waals surface area contributed by atoms with Crippen molar-refractivity contribution in [1.29, 1.82) is 0 Å². The minimum Gasteiger partial charge on any atom is -0.405 e. The summed E-state index contributed by atoms with van der Waals surface area (Å²) >= 11 is 0. The van der Waals surface area contributed by atoms with E-state index >= 15 is 0 Å². The maximum Gasteiger partial charge on any atom is 0.194 e. The van der Waals surface area contributed by atoms with Gasteiger partial charge in [-0.15, -0.1) is 0 Å². The van der Waals surface area contributed by atoms with Gasteiger partial charge < -0.3 is 4.43 Å². The first-order valence-electron chi connectivity index (χ1n) is 8.13. The van der Waals surface area contributed by atoms with Crippen LogP contribution in [0.15, 0.2) is 42.5 Å². The molecule has 1 aliphatic rings. The third-order valence-electron chi connectivity index (χ3n) is 4.10. The van der Waals surface area contributed by atoms with Crippen molar-refractivity contribution in [2.45, 2.75) is 39.1 Å². The number of carbonyl (C=O) groups excluding carboxylic acids is 2. The van der Waals surface area contributed by atoms with E-state index in [0.717, 1.165) is 11.1 Å². The molecule has 3 rings (SSSR count). The molecule has 0 amide bonds. The first kappa shape index (κ1) is 16.8. The van der Waals surface area contributed by atoms with E-state index in [0.29, 0.717) is 16.7 Å². The van der Waals surface area contributed by atoms with Gasteiger partial charge in [0.15, 0.2) is 19.9 Å². The molecule has 0 spiro atoms. The summed E-state index contributed by atoms with van der Waals surface area (Å²) in [6, 6.07) is 12.9. The zero-order valence-corrected chi connectivity index (χ0v) is 15.8. The summed E-state index contributed by atoms with van der Waals surface area (Å²) in [4.78, 5) is 25.5. The third-order valence-corrected chi connectivity index (χ3v) is 5.22. The van der Waals surface area contributed by atoms with Crippen LogP contribution in [-0.4, -0.2) is 25.5 Å². The maximum atomic E-state index is 12.9. The predicted molar refractivity (Wildman–Crippen MR) is 98.2 cm³/mol. The quantitative estimate of drug-likeness (QED) is 0.511. The van der Waals surface area contributed by atoms with Gasteiger partial charge in [0.25, 0.3) is 0 Å². The Bertz CT molecular complexity index is 844. The number of benzene rings is 2. The molecule has 0 radical (unpaired) electrons. The largest absolute Gasteiger partial charge is 0.405 e. The van der Waals surface area contributed by atoms with Gasteiger partial charge in [-0.3, -0.25) is 9.59 Å². The van der Waals surface area contributed by atoms with E-state index in [1.807, 2.05) is 30.3 Å². The van der Waals surface area contributed by atoms with Crippen molar-refractivity contribution in [2.75, 3.05) is 0 Å². The topological polar surface area (TPSA) is 43.4 Å². The second-order valence-electron chi connectivity index (χ2n) is 7.69. The highest BCUT2D eigenvalue weighted by Gasteiger charge is 2.36. The Kier molecular flexibility index (Phi) is 3.85. The number of hydrogen-bond donors (Lipinski definition) is 0. The monoisotopic (exact) mass is 338 g/mol. The first-order valence-corrected chi connectivity index (χ1v) is 11.5. The molecule has 24 heavy (non-hydrogen) atoms. The lowest BCUT2D eigenvalue weighted by molar-refractivity contribution is 0.0558. The normalized spacial score (nSPS) is 13.6. The number of ketones is 2. The van der Waals surface area contributed by atoms with Gasteiger partial charge in [0, 0.05) is 16.7 Å². The molecule has 0 aromatic heterocycles. The van der Waals surface area contributed by atoms with Crippen LogP contribution in [-0.2, 0) is 4.43 Å². The van der Waals surface area contributed by atoms with E-state index in [9.17, 15) is 9.59 Å². The Morgan fingerprint density at radius 1 is 0.917 bits per heavy atom. The van der Waals surface area contributed by atoms with Gasteiger partial charge in [-0.25, -0.2) is 0 Å². The minimum absolute atomic E-state index is 0.0147. The van der Waals surface area contributed by atoms with Crippen molar-refractivity contribution in [3.8, 4) is 11.1 Å². The van der Waals surface area contributed by atoms with Gasteiger partial charge in [0.2, 0.25) is 0 Å². The zero-order valence-electron chi connectivity index (χ0n) is 14.8. The summed E-state index contributed by atoms with van der Waals surface area (Å²) in [5.41, 5.74) is 2.77. The first-order chi connectivity index (χ1) is 11.1. The standard InChI is InChI=1S/C20H22O3Si/c1-20(2,23-24(3,4)5)19(22)13-10-11-15-14-8-6-7-9-16(14)18(21)17(15)12-13/h6-12H,1-5H3. The van der Waals surface area contributed by atoms with E-state index in [1.165, 1.54) is 0 Å². The Morgan fingerprint density at radius 3 is 2.12 bits per heavy atom. The van der Waals surface area contributed by atoms with Crippen LogP contribution < -0.4 is 0 Å². The Balaban J connectivity index is 1.99. The number of hydrogen-bond acceptors (Lipinski definition) is 3. The number of rotatable bonds is 4. The fourth-order valence-electron chi connectivity index (χ4n) is 3.33. The summed E-state index contributed by atoms with van der Waals surface area (Å²) in [5, 5.41) is 0. The molecule has 2 aromatic carbocycles. The molecule has 4 heteroatoms. The van der Waals surface area contributed by atoms with E-state index in [-0.39, 0.29) is 11.6 Å². The van der Waals surface area contributed by atoms with Gasteiger partial charge in [-0.1, -0.05) is 36.4 Å². The molecule has 0 saturated heterocycles. The molecule has 1 aliphatic carbocycles. The van der Waals surface area contributed by atoms with Gasteiger partial charge in [0.05, 0.1) is 0 Å². The second kappa shape index (κ2) is 5.50. The van der Waals surface area contributed by atoms with Crippen LogP contribution >= 0.6 is 0 Å². The molecule has 0 heterocycles. The van der Waals surface area contributed by atoms with E-state index < -0.39 is 13.9 Å². The van der Waals surface area contributed by atoms with Crippen LogP contribution in [0.5, 0.6) is 0 Å². The lowest BCUT2D eigenvalue weighted by Crippen LogP contribution is -2.44. The average Bonchev–Trinajstić information content (AvgIpc) is 2.77. The van der Waals surface area contributed by atoms with Crippen molar-refractivity contribution >= 4 is 19.9 Å². The molecular formula is C20H22O3Si. The fraction of sp³-hybridized carbons (Fsp3) is 0.300. The molecule has 0 saturated carbocycles. The molecule has 0 N–H and O–H groups in total. The smallest absolute Gasteiger partial charge is 0.194 e. The molecule has 0 atom stereocenters.